The molecule has 0 amide bonds. The van der Waals surface area contributed by atoms with Crippen molar-refractivity contribution in [1.29, 1.82) is 0 Å². The van der Waals surface area contributed by atoms with Crippen molar-refractivity contribution in [2.24, 2.45) is 0 Å². The molecule has 2 heterocycles. The molecule has 1 aromatic carbocycles. The predicted octanol–water partition coefficient (Wildman–Crippen LogP) is 3.38. The van der Waals surface area contributed by atoms with E-state index >= 15 is 0 Å². The highest BCUT2D eigenvalue weighted by Crippen LogP contribution is 2.39. The first-order chi connectivity index (χ1) is 14.5. The van der Waals surface area contributed by atoms with Crippen LogP contribution in [0, 0.1) is 0 Å². The molecule has 1 aliphatic heterocycles. The fraction of sp³-hybridized carbons (Fsp3) is 0.412. The number of β-amino-alcohol motifs (C(OH)–C–C–N with tert-alkyl or cyclic N) is 1. The topological polar surface area (TPSA) is 74.4 Å². The highest BCUT2D eigenvalue weighted by molar-refractivity contribution is 5.58. The molecule has 1 unspecified atom stereocenters. The van der Waals surface area contributed by atoms with Crippen LogP contribution in [0.4, 0.5) is 39.5 Å². The molecule has 1 atom stereocenters. The largest absolute Gasteiger partial charge is 0.419 e. The zero-order chi connectivity index (χ0) is 24.1. The van der Waals surface area contributed by atoms with Gasteiger partial charge in [0.15, 0.2) is 11.4 Å². The van der Waals surface area contributed by atoms with Crippen LogP contribution in [0.1, 0.15) is 11.1 Å². The molecule has 3 rings (SSSR count). The number of rotatable bonds is 4. The van der Waals surface area contributed by atoms with Gasteiger partial charge in [0.2, 0.25) is 0 Å². The van der Waals surface area contributed by atoms with Crippen molar-refractivity contribution in [1.82, 2.24) is 19.7 Å². The smallest absolute Gasteiger partial charge is 0.378 e. The summed E-state index contributed by atoms with van der Waals surface area (Å²) in [6.45, 7) is -1.79. The Morgan fingerprint density at radius 1 is 0.938 bits per heavy atom. The van der Waals surface area contributed by atoms with Crippen molar-refractivity contribution in [3.8, 4) is 11.4 Å². The third-order valence-electron chi connectivity index (χ3n) is 4.60. The van der Waals surface area contributed by atoms with Crippen LogP contribution in [0.3, 0.4) is 0 Å². The van der Waals surface area contributed by atoms with Gasteiger partial charge in [-0.3, -0.25) is 4.90 Å². The Bertz CT molecular complexity index is 972. The molecule has 2 aromatic rings. The van der Waals surface area contributed by atoms with Crippen LogP contribution in [0.15, 0.2) is 30.6 Å². The van der Waals surface area contributed by atoms with E-state index in [9.17, 15) is 49.7 Å². The number of nitrogens with zero attached hydrogens (tertiary/aromatic N) is 4. The Balaban J connectivity index is 1.78. The van der Waals surface area contributed by atoms with Crippen LogP contribution in [0.2, 0.25) is 0 Å². The number of aliphatic hydroxyl groups is 2. The van der Waals surface area contributed by atoms with Gasteiger partial charge in [-0.2, -0.15) is 39.5 Å². The quantitative estimate of drug-likeness (QED) is 0.663. The molecule has 176 valence electrons. The average molecular weight is 476 g/mol. The van der Waals surface area contributed by atoms with E-state index in [0.717, 1.165) is 28.2 Å². The molecule has 1 aliphatic rings. The van der Waals surface area contributed by atoms with E-state index in [1.54, 1.807) is 0 Å². The van der Waals surface area contributed by atoms with Gasteiger partial charge in [0.25, 0.3) is 0 Å². The fourth-order valence-electron chi connectivity index (χ4n) is 2.84. The summed E-state index contributed by atoms with van der Waals surface area (Å²) in [5.41, 5.74) is -6.64. The fourth-order valence-corrected chi connectivity index (χ4v) is 2.84. The van der Waals surface area contributed by atoms with Crippen LogP contribution in [-0.4, -0.2) is 61.0 Å². The number of hydrogen-bond acceptors (Lipinski definition) is 5. The molecule has 0 spiro atoms. The summed E-state index contributed by atoms with van der Waals surface area (Å²) in [5.74, 6) is -0.490. The maximum absolute atomic E-state index is 13.0. The predicted molar refractivity (Wildman–Crippen MR) is 89.4 cm³/mol. The van der Waals surface area contributed by atoms with E-state index in [0.29, 0.717) is 12.1 Å². The Morgan fingerprint density at radius 3 is 1.94 bits per heavy atom. The molecule has 2 N–H and O–H groups in total. The van der Waals surface area contributed by atoms with Crippen LogP contribution in [-0.2, 0) is 12.4 Å². The van der Waals surface area contributed by atoms with Crippen molar-refractivity contribution >= 4 is 6.20 Å². The van der Waals surface area contributed by atoms with Crippen molar-refractivity contribution in [2.75, 3.05) is 13.1 Å². The molecule has 32 heavy (non-hydrogen) atoms. The van der Waals surface area contributed by atoms with Gasteiger partial charge >= 0.3 is 18.5 Å². The number of aliphatic hydroxyl groups excluding tert-OH is 1. The first-order valence-electron chi connectivity index (χ1n) is 8.60. The van der Waals surface area contributed by atoms with Crippen LogP contribution in [0.5, 0.6) is 0 Å². The van der Waals surface area contributed by atoms with Gasteiger partial charge in [-0.05, 0) is 24.3 Å². The molecular formula is C17H13F9N4O2. The Labute approximate surface area is 173 Å². The van der Waals surface area contributed by atoms with Gasteiger partial charge in [-0.25, -0.2) is 9.67 Å². The lowest BCUT2D eigenvalue weighted by molar-refractivity contribution is -0.311. The van der Waals surface area contributed by atoms with Gasteiger partial charge in [0.05, 0.1) is 11.1 Å². The minimum atomic E-state index is -5.06. The van der Waals surface area contributed by atoms with Crippen molar-refractivity contribution in [2.45, 2.75) is 30.4 Å². The second-order valence-electron chi connectivity index (χ2n) is 7.03. The lowest BCUT2D eigenvalue weighted by Gasteiger charge is -2.48. The Kier molecular flexibility index (Phi) is 5.80. The Morgan fingerprint density at radius 2 is 1.47 bits per heavy atom. The van der Waals surface area contributed by atoms with Crippen molar-refractivity contribution in [3.05, 3.63) is 41.7 Å². The summed E-state index contributed by atoms with van der Waals surface area (Å²) in [4.78, 5) is 4.49. The molecule has 1 saturated heterocycles. The lowest BCUT2D eigenvalue weighted by Crippen LogP contribution is -2.70. The number of aromatic nitrogens is 3. The Hall–Kier alpha value is -2.65. The normalized spacial score (nSPS) is 18.7. The van der Waals surface area contributed by atoms with Gasteiger partial charge in [0.1, 0.15) is 12.6 Å². The molecular weight excluding hydrogens is 463 g/mol. The molecule has 0 bridgehead atoms. The number of halogens is 9. The highest BCUT2D eigenvalue weighted by Gasteiger charge is 2.61. The standard InChI is InChI=1S/C17H13F9N4O2/c18-15(19,20)10-3-9(4-11(5-10)16(21,22)23)13-27-8-30(28-13)2-1-12(31)29-6-14(32,7-29)17(24,25)26/h1-5,8,12,31-32H,6-7H2/b2-1-. The van der Waals surface area contributed by atoms with Crippen LogP contribution in [0.25, 0.3) is 17.6 Å². The third-order valence-corrected chi connectivity index (χ3v) is 4.60. The van der Waals surface area contributed by atoms with Gasteiger partial charge in [-0.15, -0.1) is 5.10 Å². The summed E-state index contributed by atoms with van der Waals surface area (Å²) < 4.78 is 116. The van der Waals surface area contributed by atoms with Crippen molar-refractivity contribution < 1.29 is 49.7 Å². The number of hydrogen-bond donors (Lipinski definition) is 2. The molecule has 0 aliphatic carbocycles. The zero-order valence-electron chi connectivity index (χ0n) is 15.5. The lowest BCUT2D eigenvalue weighted by atomic mass is 9.93. The van der Waals surface area contributed by atoms with E-state index < -0.39 is 66.0 Å². The van der Waals surface area contributed by atoms with E-state index in [1.165, 1.54) is 0 Å². The minimum absolute atomic E-state index is 0.0496. The van der Waals surface area contributed by atoms with Gasteiger partial charge < -0.3 is 10.2 Å². The second kappa shape index (κ2) is 7.74. The van der Waals surface area contributed by atoms with E-state index in [1.807, 2.05) is 0 Å². The van der Waals surface area contributed by atoms with Gasteiger partial charge in [0, 0.05) is 24.9 Å². The number of likely N-dealkylation sites (tertiary alicyclic amines) is 1. The number of benzene rings is 1. The second-order valence-corrected chi connectivity index (χ2v) is 7.03. The summed E-state index contributed by atoms with van der Waals surface area (Å²) in [6, 6.07) is 0.822. The van der Waals surface area contributed by atoms with Gasteiger partial charge in [-0.1, -0.05) is 0 Å². The highest BCUT2D eigenvalue weighted by atomic mass is 19.4. The van der Waals surface area contributed by atoms with E-state index in [4.69, 9.17) is 0 Å². The SMILES string of the molecule is OC(/C=C\n1cnc(-c2cc(C(F)(F)F)cc(C(F)(F)F)c2)n1)N1CC(O)(C(F)(F)F)C1. The van der Waals surface area contributed by atoms with Crippen molar-refractivity contribution in [3.63, 3.8) is 0 Å². The average Bonchev–Trinajstić information content (AvgIpc) is 3.10. The maximum Gasteiger partial charge on any atom is 0.419 e. The van der Waals surface area contributed by atoms with Crippen LogP contribution < -0.4 is 0 Å². The molecule has 15 heteroatoms. The summed E-state index contributed by atoms with van der Waals surface area (Å²) in [5, 5.41) is 22.9. The molecule has 0 saturated carbocycles. The molecule has 1 aromatic heterocycles. The summed E-state index contributed by atoms with van der Waals surface area (Å²) >= 11 is 0. The first kappa shape index (κ1) is 24.0. The molecule has 0 radical (unpaired) electrons. The first-order valence-corrected chi connectivity index (χ1v) is 8.60. The van der Waals surface area contributed by atoms with E-state index in [2.05, 4.69) is 10.1 Å². The molecule has 6 nitrogen and oxygen atoms in total. The number of alkyl halides is 9. The maximum atomic E-state index is 13.0. The van der Waals surface area contributed by atoms with Crippen LogP contribution >= 0.6 is 0 Å². The monoisotopic (exact) mass is 476 g/mol. The zero-order valence-corrected chi connectivity index (χ0v) is 15.5. The summed E-state index contributed by atoms with van der Waals surface area (Å²) in [7, 11) is 0. The summed E-state index contributed by atoms with van der Waals surface area (Å²) in [6.07, 6.45) is -13.7. The van der Waals surface area contributed by atoms with E-state index in [-0.39, 0.29) is 6.07 Å². The molecule has 1 fully saturated rings. The third kappa shape index (κ3) is 4.88. The minimum Gasteiger partial charge on any atom is -0.378 e.